The minimum atomic E-state index is -1.36. The Morgan fingerprint density at radius 3 is 2.58 bits per heavy atom. The number of aryl methyl sites for hydroxylation is 2. The van der Waals surface area contributed by atoms with Crippen molar-refractivity contribution in [2.45, 2.75) is 51.2 Å². The number of quaternary nitrogens is 1. The Hall–Kier alpha value is -2.00. The molecule has 0 radical (unpaired) electrons. The Labute approximate surface area is 206 Å². The van der Waals surface area contributed by atoms with E-state index in [1.54, 1.807) is 27.0 Å². The average molecular weight is 537 g/mol. The molecule has 2 unspecified atom stereocenters. The van der Waals surface area contributed by atoms with Crippen molar-refractivity contribution >= 4 is 39.6 Å². The van der Waals surface area contributed by atoms with E-state index in [2.05, 4.69) is 26.9 Å². The molecule has 0 bridgehead atoms. The van der Waals surface area contributed by atoms with Crippen LogP contribution in [-0.4, -0.2) is 62.8 Å². The van der Waals surface area contributed by atoms with Gasteiger partial charge >= 0.3 is 5.97 Å². The minimum Gasteiger partial charge on any atom is -0.498 e. The molecule has 9 heteroatoms. The first-order chi connectivity index (χ1) is 15.5. The van der Waals surface area contributed by atoms with Gasteiger partial charge in [-0.2, -0.15) is 0 Å². The number of amides is 1. The molecule has 1 aliphatic carbocycles. The van der Waals surface area contributed by atoms with E-state index in [9.17, 15) is 19.8 Å². The number of carbonyl (C=O) groups is 2. The molecule has 0 saturated carbocycles. The zero-order chi connectivity index (χ0) is 24.1. The van der Waals surface area contributed by atoms with Crippen molar-refractivity contribution in [3.05, 3.63) is 62.3 Å². The van der Waals surface area contributed by atoms with Crippen LogP contribution in [0.25, 0.3) is 0 Å². The van der Waals surface area contributed by atoms with E-state index < -0.39 is 28.1 Å². The number of halogens is 2. The molecule has 1 aliphatic heterocycles. The van der Waals surface area contributed by atoms with E-state index in [0.717, 1.165) is 39.7 Å². The predicted octanol–water partition coefficient (Wildman–Crippen LogP) is 3.41. The van der Waals surface area contributed by atoms with Crippen LogP contribution >= 0.6 is 27.5 Å². The van der Waals surface area contributed by atoms with Crippen molar-refractivity contribution in [1.29, 1.82) is 0 Å². The van der Waals surface area contributed by atoms with Gasteiger partial charge in [-0.1, -0.05) is 17.7 Å². The summed E-state index contributed by atoms with van der Waals surface area (Å²) in [6, 6.07) is 6.36. The van der Waals surface area contributed by atoms with Crippen molar-refractivity contribution in [3.63, 3.8) is 0 Å². The molecular weight excluding hydrogens is 510 g/mol. The lowest BCUT2D eigenvalue weighted by Gasteiger charge is -2.55. The van der Waals surface area contributed by atoms with Crippen molar-refractivity contribution in [3.8, 4) is 0 Å². The van der Waals surface area contributed by atoms with Gasteiger partial charge in [0.2, 0.25) is 6.04 Å². The molecule has 2 heterocycles. The van der Waals surface area contributed by atoms with Crippen LogP contribution in [0.4, 0.5) is 4.79 Å². The highest BCUT2D eigenvalue weighted by molar-refractivity contribution is 9.10. The summed E-state index contributed by atoms with van der Waals surface area (Å²) in [5.41, 5.74) is 3.23. The number of aliphatic carboxylic acids is 1. The summed E-state index contributed by atoms with van der Waals surface area (Å²) >= 11 is 9.81. The summed E-state index contributed by atoms with van der Waals surface area (Å²) < 4.78 is 0.256. The number of hydrogen-bond acceptors (Lipinski definition) is 5. The molecule has 33 heavy (non-hydrogen) atoms. The molecule has 1 amide bonds. The molecule has 1 aromatic carbocycles. The zero-order valence-corrected chi connectivity index (χ0v) is 21.2. The fraction of sp³-hybridized carbons (Fsp3) is 0.458. The van der Waals surface area contributed by atoms with Crippen LogP contribution in [0, 0.1) is 0 Å². The first-order valence-corrected chi connectivity index (χ1v) is 12.1. The fourth-order valence-electron chi connectivity index (χ4n) is 5.47. The van der Waals surface area contributed by atoms with Crippen LogP contribution in [0.1, 0.15) is 49.2 Å². The van der Waals surface area contributed by atoms with Gasteiger partial charge in [-0.25, -0.2) is 4.79 Å². The van der Waals surface area contributed by atoms with Crippen molar-refractivity contribution in [2.24, 2.45) is 0 Å². The zero-order valence-electron chi connectivity index (χ0n) is 18.8. The number of aromatic nitrogens is 1. The molecule has 1 aromatic heterocycles. The number of carbonyl (C=O) groups excluding carboxylic acids is 1. The number of fused-ring (bicyclic) bond motifs is 2. The van der Waals surface area contributed by atoms with Crippen molar-refractivity contribution < 1.29 is 24.3 Å². The van der Waals surface area contributed by atoms with Crippen molar-refractivity contribution in [2.75, 3.05) is 19.6 Å². The van der Waals surface area contributed by atoms with Crippen LogP contribution < -0.4 is 5.11 Å². The maximum Gasteiger partial charge on any atom is 0.364 e. The first-order valence-electron chi connectivity index (χ1n) is 10.9. The number of piperazine rings is 1. The smallest absolute Gasteiger partial charge is 0.364 e. The fourth-order valence-corrected chi connectivity index (χ4v) is 6.05. The Kier molecular flexibility index (Phi) is 6.33. The minimum absolute atomic E-state index is 0.0600. The number of carboxylic acid groups (broad SMARTS) is 2. The van der Waals surface area contributed by atoms with Crippen LogP contribution in [0.5, 0.6) is 0 Å². The molecule has 4 rings (SSSR count). The monoisotopic (exact) mass is 535 g/mol. The van der Waals surface area contributed by atoms with E-state index in [4.69, 9.17) is 16.6 Å². The average Bonchev–Trinajstić information content (AvgIpc) is 2.88. The van der Waals surface area contributed by atoms with Gasteiger partial charge < -0.3 is 15.0 Å². The van der Waals surface area contributed by atoms with Crippen LogP contribution in [0.2, 0.25) is 5.02 Å². The third-order valence-electron chi connectivity index (χ3n) is 7.14. The van der Waals surface area contributed by atoms with Gasteiger partial charge in [0, 0.05) is 22.2 Å². The summed E-state index contributed by atoms with van der Waals surface area (Å²) in [5, 5.41) is 23.2. The number of nitrogens with zero attached hydrogens (tertiary/aromatic N) is 3. The van der Waals surface area contributed by atoms with E-state index in [1.807, 2.05) is 18.2 Å². The molecule has 3 atom stereocenters. The summed E-state index contributed by atoms with van der Waals surface area (Å²) in [7, 11) is 0. The van der Waals surface area contributed by atoms with Crippen LogP contribution in [0.15, 0.2) is 34.9 Å². The maximum absolute atomic E-state index is 12.4. The second-order valence-corrected chi connectivity index (χ2v) is 11.2. The normalized spacial score (nSPS) is 25.6. The predicted molar refractivity (Wildman–Crippen MR) is 126 cm³/mol. The molecule has 2 aromatic rings. The first kappa shape index (κ1) is 24.1. The molecule has 1 fully saturated rings. The lowest BCUT2D eigenvalue weighted by Crippen LogP contribution is -2.79. The Bertz CT molecular complexity index is 1070. The van der Waals surface area contributed by atoms with Gasteiger partial charge in [0.25, 0.3) is 6.09 Å². The van der Waals surface area contributed by atoms with Gasteiger partial charge in [-0.05, 0) is 84.4 Å². The second kappa shape index (κ2) is 8.65. The molecule has 2 aliphatic rings. The molecule has 1 N–H and O–H groups in total. The Morgan fingerprint density at radius 2 is 1.94 bits per heavy atom. The molecular formula is C24H27BrClN3O4. The molecule has 1 saturated heterocycles. The quantitative estimate of drug-likeness (QED) is 0.591. The molecule has 176 valence electrons. The van der Waals surface area contributed by atoms with E-state index in [-0.39, 0.29) is 19.1 Å². The van der Waals surface area contributed by atoms with Gasteiger partial charge in [-0.15, -0.1) is 0 Å². The van der Waals surface area contributed by atoms with E-state index in [1.165, 1.54) is 0 Å². The van der Waals surface area contributed by atoms with E-state index in [0.29, 0.717) is 11.6 Å². The second-order valence-electron chi connectivity index (χ2n) is 9.82. The lowest BCUT2D eigenvalue weighted by atomic mass is 9.91. The third kappa shape index (κ3) is 4.07. The van der Waals surface area contributed by atoms with E-state index >= 15 is 0 Å². The van der Waals surface area contributed by atoms with Gasteiger partial charge in [0.05, 0.1) is 30.4 Å². The van der Waals surface area contributed by atoms with Crippen LogP contribution in [-0.2, 0) is 17.6 Å². The SMILES string of the molecule is CC(C)(C)[N+]1(C(=O)[O-])CCN(C2c3ccc(Cl)cc3CCc3cc(Br)cnc32)C[C@@H]1C(=O)O. The number of carboxylic acids is 1. The highest BCUT2D eigenvalue weighted by atomic mass is 79.9. The number of benzene rings is 1. The van der Waals surface area contributed by atoms with Gasteiger partial charge in [0.15, 0.2) is 0 Å². The molecule has 7 nitrogen and oxygen atoms in total. The topological polar surface area (TPSA) is 93.6 Å². The highest BCUT2D eigenvalue weighted by Gasteiger charge is 2.56. The number of rotatable bonds is 2. The highest BCUT2D eigenvalue weighted by Crippen LogP contribution is 2.41. The number of hydrogen-bond donors (Lipinski definition) is 1. The molecule has 0 spiro atoms. The van der Waals surface area contributed by atoms with Crippen LogP contribution in [0.3, 0.4) is 0 Å². The third-order valence-corrected chi connectivity index (χ3v) is 7.81. The number of pyridine rings is 1. The summed E-state index contributed by atoms with van der Waals surface area (Å²) in [4.78, 5) is 31.6. The van der Waals surface area contributed by atoms with Gasteiger partial charge in [0.1, 0.15) is 0 Å². The summed E-state index contributed by atoms with van der Waals surface area (Å²) in [5.74, 6) is -1.15. The standard InChI is InChI=1S/C24H27BrClN3O4/c1-24(2,3)29(23(32)33)9-8-28(13-19(29)22(30)31)21-18-7-6-17(26)11-14(18)4-5-15-10-16(25)12-27-20(15)21/h6-7,10-12,19,21H,4-5,8-9,13H2,1-3H3,(H-,30,31,32,33)/t19-,21?,29?/m1/s1. The summed E-state index contributed by atoms with van der Waals surface area (Å²) in [6.45, 7) is 5.83. The Balaban J connectivity index is 1.84. The van der Waals surface area contributed by atoms with Gasteiger partial charge in [-0.3, -0.25) is 14.4 Å². The largest absolute Gasteiger partial charge is 0.498 e. The van der Waals surface area contributed by atoms with Crippen molar-refractivity contribution in [1.82, 2.24) is 9.88 Å². The maximum atomic E-state index is 12.4. The summed E-state index contributed by atoms with van der Waals surface area (Å²) in [6.07, 6.45) is 1.96. The Morgan fingerprint density at radius 1 is 1.24 bits per heavy atom. The lowest BCUT2D eigenvalue weighted by molar-refractivity contribution is -0.938.